The molecular weight excluding hydrogens is 152 g/mol. The van der Waals surface area contributed by atoms with E-state index in [-0.39, 0.29) is 11.0 Å². The van der Waals surface area contributed by atoms with Crippen LogP contribution in [0.15, 0.2) is 13.2 Å². The molecule has 0 spiro atoms. The molecule has 68 valence electrons. The van der Waals surface area contributed by atoms with Gasteiger partial charge in [-0.1, -0.05) is 0 Å². The van der Waals surface area contributed by atoms with Crippen LogP contribution in [-0.2, 0) is 0 Å². The first-order valence-corrected chi connectivity index (χ1v) is 1.07. The van der Waals surface area contributed by atoms with Crippen molar-refractivity contribution < 1.29 is 32.0 Å². The number of hydrogen-bond acceptors (Lipinski definition) is 6. The van der Waals surface area contributed by atoms with Crippen LogP contribution >= 0.6 is 0 Å². The molecular formula is C2H12O8. The van der Waals surface area contributed by atoms with Crippen LogP contribution in [-0.4, -0.2) is 32.0 Å². The minimum atomic E-state index is 0. The summed E-state index contributed by atoms with van der Waals surface area (Å²) in [5, 5.41) is 24.0. The van der Waals surface area contributed by atoms with Crippen molar-refractivity contribution in [2.75, 3.05) is 0 Å². The zero-order valence-corrected chi connectivity index (χ0v) is 5.02. The van der Waals surface area contributed by atoms with Gasteiger partial charge in [0.2, 0.25) is 0 Å². The van der Waals surface area contributed by atoms with Crippen LogP contribution in [0.2, 0.25) is 0 Å². The molecule has 0 radical (unpaired) electrons. The van der Waals surface area contributed by atoms with Gasteiger partial charge in [0.05, 0.1) is 0 Å². The molecule has 0 saturated carbocycles. The molecule has 0 aromatic rings. The molecule has 0 aromatic carbocycles. The maximum absolute atomic E-state index is 7.00. The average Bonchev–Trinajstić information content (AvgIpc) is 2.03. The van der Waals surface area contributed by atoms with E-state index in [1.54, 1.807) is 0 Å². The van der Waals surface area contributed by atoms with E-state index in [1.165, 1.54) is 0 Å². The monoisotopic (exact) mass is 164 g/mol. The standard InChI is InChI=1S/C2H4.2H2O2.O2.2H2O/c4*1-2;;/h1-2H2;2*1-2H;;2*1H2. The van der Waals surface area contributed by atoms with Crippen molar-refractivity contribution in [2.45, 2.75) is 0 Å². The van der Waals surface area contributed by atoms with Crippen LogP contribution in [0.5, 0.6) is 0 Å². The topological polar surface area (TPSA) is 178 Å². The zero-order chi connectivity index (χ0) is 8.00. The molecule has 0 bridgehead atoms. The van der Waals surface area contributed by atoms with Crippen molar-refractivity contribution in [2.24, 2.45) is 0 Å². The van der Waals surface area contributed by atoms with Crippen LogP contribution < -0.4 is 0 Å². The molecule has 0 aliphatic carbocycles. The Labute approximate surface area is 56.4 Å². The van der Waals surface area contributed by atoms with E-state index in [4.69, 9.17) is 31.0 Å². The van der Waals surface area contributed by atoms with E-state index in [2.05, 4.69) is 13.2 Å². The Hall–Kier alpha value is -0.900. The highest BCUT2D eigenvalue weighted by atomic mass is 17.0. The fourth-order valence-corrected chi connectivity index (χ4v) is 0. The average molecular weight is 164 g/mol. The summed E-state index contributed by atoms with van der Waals surface area (Å²) in [6, 6.07) is 0. The summed E-state index contributed by atoms with van der Waals surface area (Å²) < 4.78 is 0. The minimum Gasteiger partial charge on any atom is -0.412 e. The van der Waals surface area contributed by atoms with E-state index < -0.39 is 0 Å². The fraction of sp³-hybridized carbons (Fsp3) is 0. The van der Waals surface area contributed by atoms with Gasteiger partial charge in [-0.2, -0.15) is 0 Å². The molecule has 0 unspecified atom stereocenters. The lowest BCUT2D eigenvalue weighted by atomic mass is 11.3. The second kappa shape index (κ2) is 504. The summed E-state index contributed by atoms with van der Waals surface area (Å²) in [6.07, 6.45) is 0. The van der Waals surface area contributed by atoms with Gasteiger partial charge in [-0.25, -0.2) is 0 Å². The second-order valence-electron chi connectivity index (χ2n) is 0. The molecule has 0 aliphatic heterocycles. The number of hydrogen-bond donors (Lipinski definition) is 4. The first kappa shape index (κ1) is 62.1. The van der Waals surface area contributed by atoms with E-state index in [0.29, 0.717) is 0 Å². The maximum atomic E-state index is 7.00. The Morgan fingerprint density at radius 3 is 0.700 bits per heavy atom. The Morgan fingerprint density at radius 2 is 0.700 bits per heavy atom. The van der Waals surface area contributed by atoms with Gasteiger partial charge in [-0.3, -0.25) is 21.0 Å². The molecule has 0 amide bonds. The molecule has 10 heavy (non-hydrogen) atoms. The lowest BCUT2D eigenvalue weighted by Gasteiger charge is -1.25. The molecule has 8 nitrogen and oxygen atoms in total. The summed E-state index contributed by atoms with van der Waals surface area (Å²) in [5.41, 5.74) is 0. The summed E-state index contributed by atoms with van der Waals surface area (Å²) >= 11 is 0. The van der Waals surface area contributed by atoms with Crippen LogP contribution in [0.4, 0.5) is 0 Å². The summed E-state index contributed by atoms with van der Waals surface area (Å²) in [5.74, 6) is 0. The summed E-state index contributed by atoms with van der Waals surface area (Å²) in [4.78, 5) is 14.0. The third kappa shape index (κ3) is 326. The molecule has 0 aromatic heterocycles. The second-order valence-corrected chi connectivity index (χ2v) is 0. The van der Waals surface area contributed by atoms with Gasteiger partial charge < -0.3 is 11.0 Å². The predicted molar refractivity (Wildman–Crippen MR) is 35.7 cm³/mol. The van der Waals surface area contributed by atoms with Gasteiger partial charge in [-0.05, 0) is 0 Å². The fourth-order valence-electron chi connectivity index (χ4n) is 0. The third-order valence-electron chi connectivity index (χ3n) is 0. The van der Waals surface area contributed by atoms with E-state index in [9.17, 15) is 0 Å². The van der Waals surface area contributed by atoms with Crippen LogP contribution in [0, 0.1) is 9.93 Å². The maximum Gasteiger partial charge on any atom is 0 e. The normalized spacial score (nSPS) is 2.00. The first-order chi connectivity index (χ1) is 4.00. The van der Waals surface area contributed by atoms with Gasteiger partial charge in [0.25, 0.3) is 0 Å². The highest BCUT2D eigenvalue weighted by Crippen LogP contribution is 0.862. The van der Waals surface area contributed by atoms with Crippen LogP contribution in [0.25, 0.3) is 0 Å². The van der Waals surface area contributed by atoms with Gasteiger partial charge in [-0.15, -0.1) is 13.2 Å². The highest BCUT2D eigenvalue weighted by Gasteiger charge is 0.748. The zero-order valence-electron chi connectivity index (χ0n) is 5.02. The van der Waals surface area contributed by atoms with Gasteiger partial charge in [0.1, 0.15) is 0 Å². The molecule has 8 N–H and O–H groups in total. The first-order valence-electron chi connectivity index (χ1n) is 1.07. The van der Waals surface area contributed by atoms with Crippen molar-refractivity contribution in [1.29, 1.82) is 0 Å². The smallest absolute Gasteiger partial charge is 0 e. The lowest BCUT2D eigenvalue weighted by Crippen LogP contribution is -1.29. The third-order valence-corrected chi connectivity index (χ3v) is 0. The van der Waals surface area contributed by atoms with Crippen molar-refractivity contribution in [3.63, 3.8) is 0 Å². The van der Waals surface area contributed by atoms with Crippen molar-refractivity contribution in [1.82, 2.24) is 0 Å². The van der Waals surface area contributed by atoms with Crippen molar-refractivity contribution in [3.05, 3.63) is 23.1 Å². The van der Waals surface area contributed by atoms with Crippen LogP contribution in [0.3, 0.4) is 0 Å². The quantitative estimate of drug-likeness (QED) is 0.208. The Bertz CT molecular complexity index is 9.22. The largest absolute Gasteiger partial charge is 0.412 e. The minimum absolute atomic E-state index is 0. The Morgan fingerprint density at radius 1 is 0.700 bits per heavy atom. The molecule has 0 fully saturated rings. The molecule has 0 saturated heterocycles. The molecule has 0 atom stereocenters. The van der Waals surface area contributed by atoms with Crippen LogP contribution in [0.1, 0.15) is 0 Å². The number of rotatable bonds is 0. The van der Waals surface area contributed by atoms with Gasteiger partial charge in [0.15, 0.2) is 0 Å². The predicted octanol–water partition coefficient (Wildman–Crippen LogP) is -0.745. The molecule has 8 heteroatoms. The Balaban J connectivity index is -0.00000000500. The molecule has 0 rings (SSSR count). The van der Waals surface area contributed by atoms with Crippen molar-refractivity contribution in [3.8, 4) is 0 Å². The summed E-state index contributed by atoms with van der Waals surface area (Å²) in [6.45, 7) is 6.00. The highest BCUT2D eigenvalue weighted by molar-refractivity contribution is 4.22. The molecule has 0 aliphatic rings. The van der Waals surface area contributed by atoms with Gasteiger partial charge >= 0.3 is 0 Å². The van der Waals surface area contributed by atoms with E-state index >= 15 is 0 Å². The van der Waals surface area contributed by atoms with Gasteiger partial charge in [0, 0.05) is 9.93 Å². The summed E-state index contributed by atoms with van der Waals surface area (Å²) in [7, 11) is 0. The SMILES string of the molecule is C=C.O.O.O=O.OO.OO. The van der Waals surface area contributed by atoms with E-state index in [0.717, 1.165) is 0 Å². The lowest BCUT2D eigenvalue weighted by molar-refractivity contribution is -0.176. The Kier molecular flexibility index (Phi) is 3130. The molecule has 0 heterocycles. The van der Waals surface area contributed by atoms with Crippen molar-refractivity contribution >= 4 is 0 Å². The van der Waals surface area contributed by atoms with E-state index in [1.807, 2.05) is 0 Å².